The van der Waals surface area contributed by atoms with Gasteiger partial charge in [-0.25, -0.2) is 9.37 Å². The molecular formula is C25H28FN3O3. The summed E-state index contributed by atoms with van der Waals surface area (Å²) in [4.78, 5) is 17.3. The minimum absolute atomic E-state index is 0.0752. The maximum atomic E-state index is 13.5. The summed E-state index contributed by atoms with van der Waals surface area (Å²) >= 11 is 0. The Morgan fingerprint density at radius 1 is 1.06 bits per heavy atom. The van der Waals surface area contributed by atoms with Crippen molar-refractivity contribution in [2.45, 2.75) is 57.1 Å². The summed E-state index contributed by atoms with van der Waals surface area (Å²) < 4.78 is 27.3. The number of halogens is 1. The molecule has 1 atom stereocenters. The summed E-state index contributed by atoms with van der Waals surface area (Å²) in [6.07, 6.45) is 9.71. The first-order valence-corrected chi connectivity index (χ1v) is 11.5. The van der Waals surface area contributed by atoms with E-state index in [1.807, 2.05) is 12.4 Å². The highest BCUT2D eigenvalue weighted by molar-refractivity contribution is 5.92. The number of ether oxygens (including phenoxy) is 1. The van der Waals surface area contributed by atoms with Gasteiger partial charge >= 0.3 is 0 Å². The van der Waals surface area contributed by atoms with E-state index in [2.05, 4.69) is 14.9 Å². The van der Waals surface area contributed by atoms with Gasteiger partial charge in [0, 0.05) is 24.8 Å². The molecule has 7 heteroatoms. The van der Waals surface area contributed by atoms with Crippen molar-refractivity contribution < 1.29 is 18.3 Å². The molecule has 0 unspecified atom stereocenters. The average Bonchev–Trinajstić information content (AvgIpc) is 3.59. The van der Waals surface area contributed by atoms with Crippen LogP contribution in [-0.4, -0.2) is 34.7 Å². The molecule has 0 radical (unpaired) electrons. The topological polar surface area (TPSA) is 69.3 Å². The maximum absolute atomic E-state index is 13.5. The Balaban J connectivity index is 1.45. The van der Waals surface area contributed by atoms with Crippen LogP contribution in [0.5, 0.6) is 0 Å². The van der Waals surface area contributed by atoms with Gasteiger partial charge in [-0.1, -0.05) is 19.3 Å². The first-order valence-electron chi connectivity index (χ1n) is 11.5. The number of hydrogen-bond acceptors (Lipinski definition) is 4. The third kappa shape index (κ3) is 4.35. The number of nitrogens with one attached hydrogen (secondary N) is 1. The zero-order valence-corrected chi connectivity index (χ0v) is 18.1. The molecule has 1 amide bonds. The van der Waals surface area contributed by atoms with Gasteiger partial charge in [0.05, 0.1) is 18.1 Å². The van der Waals surface area contributed by atoms with Crippen molar-refractivity contribution in [3.8, 4) is 22.7 Å². The van der Waals surface area contributed by atoms with Crippen LogP contribution in [-0.2, 0) is 4.74 Å². The van der Waals surface area contributed by atoms with Crippen molar-refractivity contribution in [1.82, 2.24) is 14.9 Å². The summed E-state index contributed by atoms with van der Waals surface area (Å²) in [5.41, 5.74) is 2.38. The fraction of sp³-hybridized carbons (Fsp3) is 0.440. The molecule has 1 saturated heterocycles. The van der Waals surface area contributed by atoms with Crippen LogP contribution in [0, 0.1) is 5.82 Å². The summed E-state index contributed by atoms with van der Waals surface area (Å²) in [5, 5.41) is 2.91. The number of furan rings is 1. The summed E-state index contributed by atoms with van der Waals surface area (Å²) in [6, 6.07) is 10.2. The highest BCUT2D eigenvalue weighted by atomic mass is 19.1. The quantitative estimate of drug-likeness (QED) is 0.563. The van der Waals surface area contributed by atoms with Crippen LogP contribution in [0.15, 0.2) is 47.1 Å². The number of carbonyl (C=O) groups excluding carboxylic acids is 1. The van der Waals surface area contributed by atoms with Crippen LogP contribution in [0.3, 0.4) is 0 Å². The molecule has 0 spiro atoms. The molecule has 1 aliphatic heterocycles. The second-order valence-electron chi connectivity index (χ2n) is 8.66. The number of amides is 1. The molecule has 0 bridgehead atoms. The van der Waals surface area contributed by atoms with Crippen molar-refractivity contribution in [3.63, 3.8) is 0 Å². The number of rotatable bonds is 6. The van der Waals surface area contributed by atoms with E-state index in [1.54, 1.807) is 18.2 Å². The first-order chi connectivity index (χ1) is 15.7. The number of benzene rings is 1. The SMILES string of the molecule is O=C(NC[C@@H]1CCCO1)c1ccc(-c2c(-c3ccc(F)cc3)ncn2C2CCCCC2)o1. The molecule has 3 heterocycles. The maximum Gasteiger partial charge on any atom is 0.287 e. The van der Waals surface area contributed by atoms with Crippen LogP contribution in [0.2, 0.25) is 0 Å². The van der Waals surface area contributed by atoms with Gasteiger partial charge in [0.15, 0.2) is 11.5 Å². The Morgan fingerprint density at radius 3 is 2.62 bits per heavy atom. The summed E-state index contributed by atoms with van der Waals surface area (Å²) in [7, 11) is 0. The van der Waals surface area contributed by atoms with E-state index < -0.39 is 0 Å². The Bertz CT molecular complexity index is 1060. The van der Waals surface area contributed by atoms with Gasteiger partial charge in [0.25, 0.3) is 5.91 Å². The van der Waals surface area contributed by atoms with E-state index in [-0.39, 0.29) is 23.6 Å². The fourth-order valence-electron chi connectivity index (χ4n) is 4.75. The third-order valence-corrected chi connectivity index (χ3v) is 6.46. The predicted molar refractivity (Wildman–Crippen MR) is 119 cm³/mol. The van der Waals surface area contributed by atoms with Crippen molar-refractivity contribution in [1.29, 1.82) is 0 Å². The van der Waals surface area contributed by atoms with Crippen molar-refractivity contribution >= 4 is 5.91 Å². The third-order valence-electron chi connectivity index (χ3n) is 6.46. The summed E-state index contributed by atoms with van der Waals surface area (Å²) in [5.74, 6) is 0.318. The molecule has 1 aliphatic carbocycles. The molecule has 3 aromatic rings. The standard InChI is InChI=1S/C25H28FN3O3/c26-18-10-8-17(9-11-18)23-24(29(16-28-23)19-5-2-1-3-6-19)21-12-13-22(32-21)25(30)27-15-20-7-4-14-31-20/h8-13,16,19-20H,1-7,14-15H2,(H,27,30)/t20-/m0/s1. The number of aromatic nitrogens is 2. The number of carbonyl (C=O) groups is 1. The van der Waals surface area contributed by atoms with Gasteiger partial charge in [0.1, 0.15) is 11.5 Å². The zero-order valence-electron chi connectivity index (χ0n) is 18.1. The molecule has 2 aromatic heterocycles. The predicted octanol–water partition coefficient (Wildman–Crippen LogP) is 5.36. The van der Waals surface area contributed by atoms with Crippen LogP contribution in [0.25, 0.3) is 22.7 Å². The minimum Gasteiger partial charge on any atom is -0.449 e. The number of nitrogens with zero attached hydrogens (tertiary/aromatic N) is 2. The van der Waals surface area contributed by atoms with Gasteiger partial charge in [-0.05, 0) is 62.1 Å². The van der Waals surface area contributed by atoms with Crippen LogP contribution < -0.4 is 5.32 Å². The summed E-state index contributed by atoms with van der Waals surface area (Å²) in [6.45, 7) is 1.23. The Labute approximate surface area is 186 Å². The van der Waals surface area contributed by atoms with Crippen LogP contribution in [0.1, 0.15) is 61.5 Å². The molecule has 1 aromatic carbocycles. The van der Waals surface area contributed by atoms with E-state index >= 15 is 0 Å². The monoisotopic (exact) mass is 437 g/mol. The fourth-order valence-corrected chi connectivity index (χ4v) is 4.75. The lowest BCUT2D eigenvalue weighted by molar-refractivity contribution is 0.0836. The smallest absolute Gasteiger partial charge is 0.287 e. The Kier molecular flexibility index (Phi) is 6.08. The molecule has 1 N–H and O–H groups in total. The lowest BCUT2D eigenvalue weighted by Gasteiger charge is -2.24. The largest absolute Gasteiger partial charge is 0.449 e. The second-order valence-corrected chi connectivity index (χ2v) is 8.66. The molecule has 5 rings (SSSR count). The second kappa shape index (κ2) is 9.28. The van der Waals surface area contributed by atoms with Crippen molar-refractivity contribution in [2.24, 2.45) is 0 Å². The highest BCUT2D eigenvalue weighted by Crippen LogP contribution is 2.38. The van der Waals surface area contributed by atoms with Crippen molar-refractivity contribution in [2.75, 3.05) is 13.2 Å². The van der Waals surface area contributed by atoms with E-state index in [4.69, 9.17) is 9.15 Å². The first kappa shape index (κ1) is 20.9. The van der Waals surface area contributed by atoms with Gasteiger partial charge in [-0.2, -0.15) is 0 Å². The van der Waals surface area contributed by atoms with Crippen molar-refractivity contribution in [3.05, 3.63) is 54.3 Å². The van der Waals surface area contributed by atoms with E-state index in [1.165, 1.54) is 31.4 Å². The Hall–Kier alpha value is -2.93. The number of hydrogen-bond donors (Lipinski definition) is 1. The van der Waals surface area contributed by atoms with Gasteiger partial charge in [-0.15, -0.1) is 0 Å². The van der Waals surface area contributed by atoms with E-state index in [9.17, 15) is 9.18 Å². The lowest BCUT2D eigenvalue weighted by Crippen LogP contribution is -2.31. The molecule has 1 saturated carbocycles. The zero-order chi connectivity index (χ0) is 21.9. The molecule has 6 nitrogen and oxygen atoms in total. The number of imidazole rings is 1. The van der Waals surface area contributed by atoms with Crippen LogP contribution in [0.4, 0.5) is 4.39 Å². The molecule has 168 valence electrons. The highest BCUT2D eigenvalue weighted by Gasteiger charge is 2.25. The van der Waals surface area contributed by atoms with Crippen LogP contribution >= 0.6 is 0 Å². The molecular weight excluding hydrogens is 409 g/mol. The van der Waals surface area contributed by atoms with E-state index in [0.717, 1.165) is 49.2 Å². The van der Waals surface area contributed by atoms with Gasteiger partial charge in [0.2, 0.25) is 0 Å². The molecule has 32 heavy (non-hydrogen) atoms. The van der Waals surface area contributed by atoms with Gasteiger partial charge < -0.3 is 19.0 Å². The normalized spacial score (nSPS) is 19.3. The molecule has 2 aliphatic rings. The van der Waals surface area contributed by atoms with E-state index in [0.29, 0.717) is 18.3 Å². The average molecular weight is 438 g/mol. The Morgan fingerprint density at radius 2 is 1.88 bits per heavy atom. The molecule has 2 fully saturated rings. The minimum atomic E-state index is -0.287. The van der Waals surface area contributed by atoms with Gasteiger partial charge in [-0.3, -0.25) is 4.79 Å². The lowest BCUT2D eigenvalue weighted by atomic mass is 9.95.